The third-order valence-electron chi connectivity index (χ3n) is 6.00. The van der Waals surface area contributed by atoms with Gasteiger partial charge in [0.2, 0.25) is 17.5 Å². The SMILES string of the molecule is CNC(C)(C)c1nc(C(F)F)c(C(=O)N2CCc3[nH]cnc3[C@H]2c2nc3cc(F)ccc3o2)o1. The van der Waals surface area contributed by atoms with Crippen molar-refractivity contribution in [1.29, 1.82) is 0 Å². The molecule has 34 heavy (non-hydrogen) atoms. The van der Waals surface area contributed by atoms with Gasteiger partial charge in [0.05, 0.1) is 17.6 Å². The topological polar surface area (TPSA) is 113 Å². The van der Waals surface area contributed by atoms with E-state index in [9.17, 15) is 18.0 Å². The van der Waals surface area contributed by atoms with E-state index in [-0.39, 0.29) is 23.8 Å². The number of fused-ring (bicyclic) bond motifs is 2. The fraction of sp³-hybridized carbons (Fsp3) is 0.364. The van der Waals surface area contributed by atoms with Gasteiger partial charge >= 0.3 is 0 Å². The molecule has 1 aliphatic heterocycles. The molecule has 1 atom stereocenters. The lowest BCUT2D eigenvalue weighted by atomic mass is 10.0. The fourth-order valence-electron chi connectivity index (χ4n) is 3.92. The first-order valence-corrected chi connectivity index (χ1v) is 10.6. The van der Waals surface area contributed by atoms with Gasteiger partial charge in [-0.2, -0.15) is 0 Å². The quantitative estimate of drug-likeness (QED) is 0.452. The summed E-state index contributed by atoms with van der Waals surface area (Å²) in [6.07, 6.45) is -1.15. The van der Waals surface area contributed by atoms with Crippen molar-refractivity contribution in [2.45, 2.75) is 38.3 Å². The van der Waals surface area contributed by atoms with Crippen molar-refractivity contribution in [2.75, 3.05) is 13.6 Å². The number of amides is 1. The van der Waals surface area contributed by atoms with E-state index in [1.165, 1.54) is 29.4 Å². The van der Waals surface area contributed by atoms with E-state index in [0.717, 1.165) is 5.69 Å². The molecule has 4 heterocycles. The monoisotopic (exact) mass is 474 g/mol. The molecule has 2 N–H and O–H groups in total. The number of benzene rings is 1. The number of hydrogen-bond acceptors (Lipinski definition) is 7. The molecule has 1 amide bonds. The molecule has 0 fully saturated rings. The molecule has 0 spiro atoms. The average Bonchev–Trinajstić information content (AvgIpc) is 3.55. The molecular formula is C22H21F3N6O3. The zero-order valence-corrected chi connectivity index (χ0v) is 18.5. The number of hydrogen-bond donors (Lipinski definition) is 2. The Labute approximate surface area is 191 Å². The lowest BCUT2D eigenvalue weighted by Gasteiger charge is -2.32. The van der Waals surface area contributed by atoms with E-state index >= 15 is 0 Å². The summed E-state index contributed by atoms with van der Waals surface area (Å²) in [4.78, 5) is 30.5. The number of rotatable bonds is 5. The molecule has 0 radical (unpaired) electrons. The van der Waals surface area contributed by atoms with Crippen LogP contribution in [0.1, 0.15) is 65.7 Å². The van der Waals surface area contributed by atoms with Crippen LogP contribution < -0.4 is 5.32 Å². The number of nitrogens with one attached hydrogen (secondary N) is 2. The lowest BCUT2D eigenvalue weighted by molar-refractivity contribution is 0.0616. The van der Waals surface area contributed by atoms with Gasteiger partial charge in [-0.05, 0) is 33.0 Å². The van der Waals surface area contributed by atoms with Gasteiger partial charge in [-0.3, -0.25) is 4.79 Å². The minimum absolute atomic E-state index is 0.0417. The van der Waals surface area contributed by atoms with Crippen LogP contribution in [0.5, 0.6) is 0 Å². The van der Waals surface area contributed by atoms with Crippen LogP contribution in [0.25, 0.3) is 11.1 Å². The van der Waals surface area contributed by atoms with E-state index in [1.54, 1.807) is 20.9 Å². The third-order valence-corrected chi connectivity index (χ3v) is 6.00. The molecular weight excluding hydrogens is 453 g/mol. The van der Waals surface area contributed by atoms with Crippen LogP contribution in [-0.2, 0) is 12.0 Å². The molecule has 178 valence electrons. The predicted molar refractivity (Wildman–Crippen MR) is 113 cm³/mol. The Hall–Kier alpha value is -3.67. The predicted octanol–water partition coefficient (Wildman–Crippen LogP) is 3.86. The Morgan fingerprint density at radius 3 is 2.82 bits per heavy atom. The summed E-state index contributed by atoms with van der Waals surface area (Å²) < 4.78 is 52.8. The standard InChI is InChI=1S/C22H21F3N6O3/c1-22(2,26-3)21-30-15(18(24)25)17(34-21)20(32)31-7-6-11-14(28-9-27-11)16(31)19-29-12-8-10(23)4-5-13(12)33-19/h4-5,8-9,16,18,26H,6-7H2,1-3H3,(H,27,28)/t16-/m0/s1. The Bertz CT molecular complexity index is 1380. The van der Waals surface area contributed by atoms with Crippen molar-refractivity contribution in [3.8, 4) is 0 Å². The second-order valence-corrected chi connectivity index (χ2v) is 8.49. The van der Waals surface area contributed by atoms with Crippen molar-refractivity contribution >= 4 is 17.0 Å². The Balaban J connectivity index is 1.61. The summed E-state index contributed by atoms with van der Waals surface area (Å²) in [6, 6.07) is 2.93. The van der Waals surface area contributed by atoms with Gasteiger partial charge in [-0.15, -0.1) is 0 Å². The maximum absolute atomic E-state index is 13.9. The number of oxazole rings is 2. The van der Waals surface area contributed by atoms with Gasteiger partial charge in [0.15, 0.2) is 17.3 Å². The van der Waals surface area contributed by atoms with E-state index in [0.29, 0.717) is 17.7 Å². The van der Waals surface area contributed by atoms with Gasteiger partial charge in [-0.25, -0.2) is 28.1 Å². The normalized spacial score (nSPS) is 16.4. The lowest BCUT2D eigenvalue weighted by Crippen LogP contribution is -2.41. The van der Waals surface area contributed by atoms with Crippen LogP contribution in [0.15, 0.2) is 33.4 Å². The van der Waals surface area contributed by atoms with Crippen LogP contribution in [0.4, 0.5) is 13.2 Å². The highest BCUT2D eigenvalue weighted by molar-refractivity contribution is 5.93. The van der Waals surface area contributed by atoms with Crippen molar-refractivity contribution in [2.24, 2.45) is 0 Å². The van der Waals surface area contributed by atoms with Crippen molar-refractivity contribution in [3.63, 3.8) is 0 Å². The van der Waals surface area contributed by atoms with Crippen molar-refractivity contribution in [3.05, 3.63) is 65.0 Å². The fourth-order valence-corrected chi connectivity index (χ4v) is 3.92. The highest BCUT2D eigenvalue weighted by atomic mass is 19.3. The Kier molecular flexibility index (Phi) is 5.19. The molecule has 3 aromatic heterocycles. The molecule has 4 aromatic rings. The summed E-state index contributed by atoms with van der Waals surface area (Å²) in [5, 5.41) is 2.92. The van der Waals surface area contributed by atoms with Gasteiger partial charge in [0.25, 0.3) is 12.3 Å². The summed E-state index contributed by atoms with van der Waals surface area (Å²) in [6.45, 7) is 3.54. The summed E-state index contributed by atoms with van der Waals surface area (Å²) in [5.74, 6) is -1.81. The minimum atomic E-state index is -3.03. The molecule has 0 unspecified atom stereocenters. The van der Waals surface area contributed by atoms with Crippen LogP contribution in [0.2, 0.25) is 0 Å². The van der Waals surface area contributed by atoms with Gasteiger partial charge in [-0.1, -0.05) is 0 Å². The number of carbonyl (C=O) groups is 1. The molecule has 1 aliphatic rings. The minimum Gasteiger partial charge on any atom is -0.438 e. The second-order valence-electron chi connectivity index (χ2n) is 8.49. The first-order chi connectivity index (χ1) is 16.2. The highest BCUT2D eigenvalue weighted by Crippen LogP contribution is 2.37. The molecule has 9 nitrogen and oxygen atoms in total. The zero-order valence-electron chi connectivity index (χ0n) is 18.5. The second kappa shape index (κ2) is 7.97. The smallest absolute Gasteiger partial charge is 0.292 e. The van der Waals surface area contributed by atoms with Crippen LogP contribution >= 0.6 is 0 Å². The first kappa shape index (κ1) is 22.1. The number of alkyl halides is 2. The maximum atomic E-state index is 13.9. The van der Waals surface area contributed by atoms with Crippen molar-refractivity contribution < 1.29 is 26.8 Å². The van der Waals surface area contributed by atoms with Gasteiger partial charge in [0.1, 0.15) is 11.3 Å². The summed E-state index contributed by atoms with van der Waals surface area (Å²) >= 11 is 0. The molecule has 12 heteroatoms. The molecule has 0 saturated carbocycles. The van der Waals surface area contributed by atoms with E-state index < -0.39 is 41.2 Å². The van der Waals surface area contributed by atoms with Crippen molar-refractivity contribution in [1.82, 2.24) is 30.2 Å². The van der Waals surface area contributed by atoms with Crippen LogP contribution in [0, 0.1) is 5.82 Å². The maximum Gasteiger partial charge on any atom is 0.292 e. The summed E-state index contributed by atoms with van der Waals surface area (Å²) in [7, 11) is 1.63. The number of halogens is 3. The molecule has 0 saturated heterocycles. The van der Waals surface area contributed by atoms with E-state index in [1.807, 2.05) is 0 Å². The number of aromatic amines is 1. The average molecular weight is 474 g/mol. The number of H-pyrrole nitrogens is 1. The number of imidazole rings is 1. The molecule has 1 aromatic carbocycles. The molecule has 0 aliphatic carbocycles. The van der Waals surface area contributed by atoms with Gasteiger partial charge < -0.3 is 24.0 Å². The van der Waals surface area contributed by atoms with E-state index in [2.05, 4.69) is 25.3 Å². The zero-order chi connectivity index (χ0) is 24.2. The van der Waals surface area contributed by atoms with Crippen LogP contribution in [-0.4, -0.2) is 44.3 Å². The Morgan fingerprint density at radius 1 is 1.29 bits per heavy atom. The van der Waals surface area contributed by atoms with E-state index in [4.69, 9.17) is 8.83 Å². The first-order valence-electron chi connectivity index (χ1n) is 10.6. The highest BCUT2D eigenvalue weighted by Gasteiger charge is 2.42. The summed E-state index contributed by atoms with van der Waals surface area (Å²) in [5.41, 5.74) is 0.165. The molecule has 0 bridgehead atoms. The number of nitrogens with zero attached hydrogens (tertiary/aromatic N) is 4. The Morgan fingerprint density at radius 2 is 2.09 bits per heavy atom. The largest absolute Gasteiger partial charge is 0.438 e. The number of aromatic nitrogens is 4. The van der Waals surface area contributed by atoms with Crippen LogP contribution in [0.3, 0.4) is 0 Å². The number of carbonyl (C=O) groups excluding carboxylic acids is 1. The molecule has 5 rings (SSSR count). The van der Waals surface area contributed by atoms with Gasteiger partial charge in [0, 0.05) is 24.7 Å². The third kappa shape index (κ3) is 3.54.